The molecule has 7 heteroatoms. The van der Waals surface area contributed by atoms with Gasteiger partial charge in [0.1, 0.15) is 30.2 Å². The molecule has 0 aliphatic rings. The summed E-state index contributed by atoms with van der Waals surface area (Å²) in [5, 5.41) is 47.6. The van der Waals surface area contributed by atoms with Crippen molar-refractivity contribution in [2.75, 3.05) is 6.61 Å². The molecular weight excluding hydrogens is 276 g/mol. The highest BCUT2D eigenvalue weighted by molar-refractivity contribution is 5.77. The minimum atomic E-state index is -1.68. The maximum atomic E-state index is 10.0. The van der Waals surface area contributed by atoms with E-state index in [0.717, 1.165) is 11.1 Å². The fraction of sp³-hybridized carbons (Fsp3) is 0.500. The number of nitrogens with one attached hydrogen (secondary N) is 1. The van der Waals surface area contributed by atoms with Crippen LogP contribution in [0.1, 0.15) is 23.1 Å². The molecular formula is C14H20N2O5. The largest absolute Gasteiger partial charge is 0.394 e. The number of aromatic nitrogens is 2. The van der Waals surface area contributed by atoms with Gasteiger partial charge in [0.2, 0.25) is 0 Å². The highest BCUT2D eigenvalue weighted by Gasteiger charge is 2.32. The predicted octanol–water partition coefficient (Wildman–Crippen LogP) is -0.712. The lowest BCUT2D eigenvalue weighted by molar-refractivity contribution is -0.117. The molecule has 6 N–H and O–H groups in total. The van der Waals surface area contributed by atoms with Gasteiger partial charge in [0.25, 0.3) is 0 Å². The highest BCUT2D eigenvalue weighted by atomic mass is 16.4. The van der Waals surface area contributed by atoms with Crippen molar-refractivity contribution in [2.45, 2.75) is 38.3 Å². The molecule has 4 atom stereocenters. The van der Waals surface area contributed by atoms with Crippen LogP contribution in [0.3, 0.4) is 0 Å². The molecule has 1 aromatic heterocycles. The number of fused-ring (bicyclic) bond motifs is 1. The Kier molecular flexibility index (Phi) is 4.60. The summed E-state index contributed by atoms with van der Waals surface area (Å²) in [7, 11) is 0. The molecule has 7 nitrogen and oxygen atoms in total. The third-order valence-electron chi connectivity index (χ3n) is 3.65. The molecule has 21 heavy (non-hydrogen) atoms. The molecule has 0 aliphatic heterocycles. The van der Waals surface area contributed by atoms with E-state index in [1.54, 1.807) is 0 Å². The third-order valence-corrected chi connectivity index (χ3v) is 3.65. The van der Waals surface area contributed by atoms with E-state index in [0.29, 0.717) is 11.0 Å². The molecule has 0 radical (unpaired) electrons. The van der Waals surface area contributed by atoms with Crippen molar-refractivity contribution >= 4 is 11.0 Å². The van der Waals surface area contributed by atoms with Crippen molar-refractivity contribution in [1.29, 1.82) is 0 Å². The minimum absolute atomic E-state index is 0.0895. The lowest BCUT2D eigenvalue weighted by atomic mass is 10.0. The zero-order valence-corrected chi connectivity index (χ0v) is 11.9. The van der Waals surface area contributed by atoms with Crippen LogP contribution < -0.4 is 0 Å². The fourth-order valence-corrected chi connectivity index (χ4v) is 2.11. The zero-order valence-electron chi connectivity index (χ0n) is 11.9. The average molecular weight is 296 g/mol. The van der Waals surface area contributed by atoms with Crippen LogP contribution in [-0.4, -0.2) is 60.4 Å². The van der Waals surface area contributed by atoms with E-state index < -0.39 is 31.0 Å². The number of aliphatic hydroxyl groups excluding tert-OH is 5. The van der Waals surface area contributed by atoms with Crippen LogP contribution in [0.2, 0.25) is 0 Å². The molecule has 0 saturated heterocycles. The summed E-state index contributed by atoms with van der Waals surface area (Å²) in [6.07, 6.45) is -6.39. The summed E-state index contributed by atoms with van der Waals surface area (Å²) in [5.74, 6) is 0.0895. The van der Waals surface area contributed by atoms with Crippen LogP contribution in [0.15, 0.2) is 12.1 Å². The van der Waals surface area contributed by atoms with E-state index in [1.165, 1.54) is 0 Å². The molecule has 0 aliphatic carbocycles. The molecule has 1 aromatic carbocycles. The number of aliphatic hydroxyl groups is 5. The SMILES string of the molecule is Cc1cc2nc(C(O)C(O)C(O)C(O)CO)[nH]c2cc1C. The van der Waals surface area contributed by atoms with Gasteiger partial charge in [-0.1, -0.05) is 0 Å². The Morgan fingerprint density at radius 2 is 1.67 bits per heavy atom. The Bertz CT molecular complexity index is 588. The Balaban J connectivity index is 2.28. The molecule has 0 amide bonds. The lowest BCUT2D eigenvalue weighted by Crippen LogP contribution is -2.42. The zero-order chi connectivity index (χ0) is 15.7. The van der Waals surface area contributed by atoms with Crippen LogP contribution in [0.5, 0.6) is 0 Å². The maximum absolute atomic E-state index is 10.0. The maximum Gasteiger partial charge on any atom is 0.140 e. The standard InChI is InChI=1S/C14H20N2O5/c1-6-3-8-9(4-7(6)2)16-14(15-8)13(21)12(20)11(19)10(18)5-17/h3-4,10-13,17-21H,5H2,1-2H3,(H,15,16). The minimum Gasteiger partial charge on any atom is -0.394 e. The summed E-state index contributed by atoms with van der Waals surface area (Å²) in [6, 6.07) is 3.72. The molecule has 0 spiro atoms. The van der Waals surface area contributed by atoms with Gasteiger partial charge in [-0.2, -0.15) is 0 Å². The first-order valence-electron chi connectivity index (χ1n) is 6.65. The van der Waals surface area contributed by atoms with Crippen LogP contribution in [0.25, 0.3) is 11.0 Å². The second kappa shape index (κ2) is 6.08. The monoisotopic (exact) mass is 296 g/mol. The van der Waals surface area contributed by atoms with Crippen LogP contribution in [0.4, 0.5) is 0 Å². The van der Waals surface area contributed by atoms with Gasteiger partial charge < -0.3 is 30.5 Å². The van der Waals surface area contributed by atoms with Gasteiger partial charge >= 0.3 is 0 Å². The van der Waals surface area contributed by atoms with Crippen molar-refractivity contribution < 1.29 is 25.5 Å². The fourth-order valence-electron chi connectivity index (χ4n) is 2.11. The van der Waals surface area contributed by atoms with Gasteiger partial charge in [-0.15, -0.1) is 0 Å². The van der Waals surface area contributed by atoms with E-state index >= 15 is 0 Å². The number of aromatic amines is 1. The molecule has 116 valence electrons. The van der Waals surface area contributed by atoms with E-state index in [9.17, 15) is 20.4 Å². The quantitative estimate of drug-likeness (QED) is 0.432. The molecule has 2 aromatic rings. The number of H-pyrrole nitrogens is 1. The Labute approximate surface area is 121 Å². The normalized spacial score (nSPS) is 17.7. The highest BCUT2D eigenvalue weighted by Crippen LogP contribution is 2.23. The summed E-state index contributed by atoms with van der Waals surface area (Å²) in [6.45, 7) is 3.17. The van der Waals surface area contributed by atoms with Crippen LogP contribution in [-0.2, 0) is 0 Å². The van der Waals surface area contributed by atoms with E-state index in [4.69, 9.17) is 5.11 Å². The Hall–Kier alpha value is -1.51. The Morgan fingerprint density at radius 3 is 2.29 bits per heavy atom. The van der Waals surface area contributed by atoms with Gasteiger partial charge in [-0.3, -0.25) is 0 Å². The number of aryl methyl sites for hydroxylation is 2. The van der Waals surface area contributed by atoms with Crippen molar-refractivity contribution in [1.82, 2.24) is 9.97 Å². The third kappa shape index (κ3) is 3.07. The van der Waals surface area contributed by atoms with Gasteiger partial charge in [-0.25, -0.2) is 4.98 Å². The number of hydrogen-bond acceptors (Lipinski definition) is 6. The first-order chi connectivity index (χ1) is 9.85. The van der Waals surface area contributed by atoms with Crippen molar-refractivity contribution in [3.8, 4) is 0 Å². The van der Waals surface area contributed by atoms with Crippen molar-refractivity contribution in [2.24, 2.45) is 0 Å². The molecule has 0 bridgehead atoms. The second-order valence-electron chi connectivity index (χ2n) is 5.25. The summed E-state index contributed by atoms with van der Waals surface area (Å²) in [4.78, 5) is 7.06. The molecule has 0 saturated carbocycles. The van der Waals surface area contributed by atoms with Gasteiger partial charge in [-0.05, 0) is 37.1 Å². The Morgan fingerprint density at radius 1 is 1.05 bits per heavy atom. The van der Waals surface area contributed by atoms with E-state index in [1.807, 2.05) is 26.0 Å². The number of imidazole rings is 1. The lowest BCUT2D eigenvalue weighted by Gasteiger charge is -2.24. The summed E-state index contributed by atoms with van der Waals surface area (Å²) >= 11 is 0. The molecule has 2 rings (SSSR count). The smallest absolute Gasteiger partial charge is 0.140 e. The topological polar surface area (TPSA) is 130 Å². The summed E-state index contributed by atoms with van der Waals surface area (Å²) in [5.41, 5.74) is 3.45. The first kappa shape index (κ1) is 15.9. The van der Waals surface area contributed by atoms with Crippen LogP contribution >= 0.6 is 0 Å². The van der Waals surface area contributed by atoms with Gasteiger partial charge in [0.15, 0.2) is 0 Å². The number of benzene rings is 1. The van der Waals surface area contributed by atoms with Crippen molar-refractivity contribution in [3.05, 3.63) is 29.1 Å². The summed E-state index contributed by atoms with van der Waals surface area (Å²) < 4.78 is 0. The predicted molar refractivity (Wildman–Crippen MR) is 75.6 cm³/mol. The second-order valence-corrected chi connectivity index (χ2v) is 5.25. The molecule has 1 heterocycles. The van der Waals surface area contributed by atoms with Gasteiger partial charge in [0, 0.05) is 0 Å². The average Bonchev–Trinajstić information content (AvgIpc) is 2.87. The molecule has 4 unspecified atom stereocenters. The van der Waals surface area contributed by atoms with Crippen molar-refractivity contribution in [3.63, 3.8) is 0 Å². The van der Waals surface area contributed by atoms with E-state index in [2.05, 4.69) is 9.97 Å². The number of hydrogen-bond donors (Lipinski definition) is 6. The number of nitrogens with zero attached hydrogens (tertiary/aromatic N) is 1. The molecule has 0 fully saturated rings. The van der Waals surface area contributed by atoms with Crippen LogP contribution in [0, 0.1) is 13.8 Å². The number of rotatable bonds is 5. The first-order valence-corrected chi connectivity index (χ1v) is 6.65. The van der Waals surface area contributed by atoms with Gasteiger partial charge in [0.05, 0.1) is 17.6 Å². The van der Waals surface area contributed by atoms with E-state index in [-0.39, 0.29) is 5.82 Å².